The van der Waals surface area contributed by atoms with Gasteiger partial charge in [0.05, 0.1) is 6.54 Å². The van der Waals surface area contributed by atoms with Crippen LogP contribution < -0.4 is 0 Å². The summed E-state index contributed by atoms with van der Waals surface area (Å²) in [6, 6.07) is 0. The fourth-order valence-electron chi connectivity index (χ4n) is 1.04. The van der Waals surface area contributed by atoms with Gasteiger partial charge in [-0.2, -0.15) is 0 Å². The van der Waals surface area contributed by atoms with Crippen molar-refractivity contribution >= 4 is 12.2 Å². The van der Waals surface area contributed by atoms with Gasteiger partial charge in [-0.1, -0.05) is 0 Å². The Morgan fingerprint density at radius 2 is 2.58 bits per heavy atom. The Kier molecular flexibility index (Phi) is 1.36. The third-order valence-corrected chi connectivity index (χ3v) is 1.64. The molecule has 1 amide bonds. The first-order valence-electron chi connectivity index (χ1n) is 3.37. The van der Waals surface area contributed by atoms with Gasteiger partial charge < -0.3 is 9.52 Å². The van der Waals surface area contributed by atoms with Gasteiger partial charge in [0.25, 0.3) is 0 Å². The Labute approximate surface area is 67.9 Å². The standard InChI is InChI=1S/C7H6N2O3/c10-7(11)9-2-1-6-5(3-9)8-4-12-6/h1-2,4H,3H2,(H,10,11). The summed E-state index contributed by atoms with van der Waals surface area (Å²) in [5.74, 6) is 0.632. The fourth-order valence-corrected chi connectivity index (χ4v) is 1.04. The summed E-state index contributed by atoms with van der Waals surface area (Å²) in [4.78, 5) is 15.5. The van der Waals surface area contributed by atoms with Crippen LogP contribution in [-0.4, -0.2) is 21.1 Å². The minimum atomic E-state index is -0.986. The summed E-state index contributed by atoms with van der Waals surface area (Å²) in [5, 5.41) is 8.62. The molecule has 0 fully saturated rings. The number of carboxylic acid groups (broad SMARTS) is 1. The Morgan fingerprint density at radius 1 is 1.75 bits per heavy atom. The van der Waals surface area contributed by atoms with E-state index in [2.05, 4.69) is 4.98 Å². The number of hydrogen-bond donors (Lipinski definition) is 1. The van der Waals surface area contributed by atoms with E-state index in [1.165, 1.54) is 12.6 Å². The minimum absolute atomic E-state index is 0.262. The predicted octanol–water partition coefficient (Wildman–Crippen LogP) is 1.14. The van der Waals surface area contributed by atoms with E-state index in [9.17, 15) is 4.79 Å². The molecule has 0 unspecified atom stereocenters. The van der Waals surface area contributed by atoms with Crippen LogP contribution >= 0.6 is 0 Å². The summed E-state index contributed by atoms with van der Waals surface area (Å²) in [7, 11) is 0. The first-order chi connectivity index (χ1) is 5.77. The third-order valence-electron chi connectivity index (χ3n) is 1.64. The lowest BCUT2D eigenvalue weighted by Crippen LogP contribution is -2.25. The van der Waals surface area contributed by atoms with Crippen molar-refractivity contribution in [3.8, 4) is 0 Å². The van der Waals surface area contributed by atoms with Crippen LogP contribution in [0.25, 0.3) is 6.08 Å². The third kappa shape index (κ3) is 0.952. The van der Waals surface area contributed by atoms with Gasteiger partial charge in [-0.05, 0) is 6.08 Å². The molecule has 5 nitrogen and oxygen atoms in total. The van der Waals surface area contributed by atoms with E-state index in [0.29, 0.717) is 11.5 Å². The lowest BCUT2D eigenvalue weighted by atomic mass is 10.2. The zero-order chi connectivity index (χ0) is 8.55. The van der Waals surface area contributed by atoms with Gasteiger partial charge in [0.1, 0.15) is 5.69 Å². The smallest absolute Gasteiger partial charge is 0.411 e. The number of amides is 1. The first-order valence-corrected chi connectivity index (χ1v) is 3.37. The molecule has 1 aliphatic heterocycles. The van der Waals surface area contributed by atoms with Crippen LogP contribution in [0.4, 0.5) is 4.79 Å². The molecule has 1 aromatic rings. The second kappa shape index (κ2) is 2.37. The highest BCUT2D eigenvalue weighted by atomic mass is 16.4. The molecule has 0 aromatic carbocycles. The van der Waals surface area contributed by atoms with Gasteiger partial charge in [-0.25, -0.2) is 9.78 Å². The van der Waals surface area contributed by atoms with Crippen molar-refractivity contribution < 1.29 is 14.3 Å². The molecule has 0 saturated carbocycles. The minimum Gasteiger partial charge on any atom is -0.465 e. The Bertz CT molecular complexity index is 342. The number of carbonyl (C=O) groups is 1. The molecule has 1 N–H and O–H groups in total. The number of fused-ring (bicyclic) bond motifs is 1. The van der Waals surface area contributed by atoms with E-state index in [-0.39, 0.29) is 6.54 Å². The summed E-state index contributed by atoms with van der Waals surface area (Å²) >= 11 is 0. The van der Waals surface area contributed by atoms with Gasteiger partial charge in [0.2, 0.25) is 0 Å². The van der Waals surface area contributed by atoms with Crippen molar-refractivity contribution in [3.63, 3.8) is 0 Å². The largest absolute Gasteiger partial charge is 0.465 e. The van der Waals surface area contributed by atoms with Crippen molar-refractivity contribution in [2.24, 2.45) is 0 Å². The number of aromatic nitrogens is 1. The second-order valence-electron chi connectivity index (χ2n) is 2.39. The normalized spacial score (nSPS) is 14.5. The molecule has 0 aliphatic carbocycles. The van der Waals surface area contributed by atoms with E-state index in [0.717, 1.165) is 4.90 Å². The van der Waals surface area contributed by atoms with Crippen LogP contribution in [0.3, 0.4) is 0 Å². The first kappa shape index (κ1) is 6.90. The predicted molar refractivity (Wildman–Crippen MR) is 39.1 cm³/mol. The van der Waals surface area contributed by atoms with Gasteiger partial charge in [0, 0.05) is 6.20 Å². The number of oxazole rings is 1. The number of hydrogen-bond acceptors (Lipinski definition) is 3. The molecule has 0 atom stereocenters. The summed E-state index contributed by atoms with van der Waals surface area (Å²) < 4.78 is 4.97. The monoisotopic (exact) mass is 166 g/mol. The SMILES string of the molecule is O=C(O)N1C=Cc2ocnc2C1. The highest BCUT2D eigenvalue weighted by Crippen LogP contribution is 2.17. The van der Waals surface area contributed by atoms with Crippen molar-refractivity contribution in [3.05, 3.63) is 24.0 Å². The second-order valence-corrected chi connectivity index (χ2v) is 2.39. The topological polar surface area (TPSA) is 66.6 Å². The molecule has 1 aliphatic rings. The zero-order valence-electron chi connectivity index (χ0n) is 6.10. The zero-order valence-corrected chi connectivity index (χ0v) is 6.10. The highest BCUT2D eigenvalue weighted by molar-refractivity contribution is 5.69. The van der Waals surface area contributed by atoms with E-state index < -0.39 is 6.09 Å². The van der Waals surface area contributed by atoms with Crippen LogP contribution in [0, 0.1) is 0 Å². The summed E-state index contributed by atoms with van der Waals surface area (Å²) in [6.45, 7) is 0.262. The van der Waals surface area contributed by atoms with Crippen LogP contribution in [0.5, 0.6) is 0 Å². The van der Waals surface area contributed by atoms with E-state index >= 15 is 0 Å². The maximum absolute atomic E-state index is 10.5. The van der Waals surface area contributed by atoms with Crippen molar-refractivity contribution in [2.45, 2.75) is 6.54 Å². The van der Waals surface area contributed by atoms with E-state index in [4.69, 9.17) is 9.52 Å². The Balaban J connectivity index is 2.30. The number of rotatable bonds is 0. The molecule has 1 aromatic heterocycles. The van der Waals surface area contributed by atoms with E-state index in [1.807, 2.05) is 0 Å². The maximum atomic E-state index is 10.5. The maximum Gasteiger partial charge on any atom is 0.411 e. The highest BCUT2D eigenvalue weighted by Gasteiger charge is 2.18. The molecule has 62 valence electrons. The molecule has 5 heteroatoms. The van der Waals surface area contributed by atoms with Gasteiger partial charge in [-0.3, -0.25) is 4.90 Å². The van der Waals surface area contributed by atoms with Crippen LogP contribution in [0.2, 0.25) is 0 Å². The van der Waals surface area contributed by atoms with Crippen molar-refractivity contribution in [1.29, 1.82) is 0 Å². The van der Waals surface area contributed by atoms with E-state index in [1.54, 1.807) is 6.08 Å². The van der Waals surface area contributed by atoms with Gasteiger partial charge >= 0.3 is 6.09 Å². The Morgan fingerprint density at radius 3 is 3.33 bits per heavy atom. The van der Waals surface area contributed by atoms with Gasteiger partial charge in [-0.15, -0.1) is 0 Å². The summed E-state index contributed by atoms with van der Waals surface area (Å²) in [6.07, 6.45) is 3.36. The van der Waals surface area contributed by atoms with Crippen molar-refractivity contribution in [1.82, 2.24) is 9.88 Å². The lowest BCUT2D eigenvalue weighted by Gasteiger charge is -2.15. The molecular formula is C7H6N2O3. The lowest BCUT2D eigenvalue weighted by molar-refractivity contribution is 0.160. The van der Waals surface area contributed by atoms with Crippen LogP contribution in [0.1, 0.15) is 11.5 Å². The number of nitrogens with zero attached hydrogens (tertiary/aromatic N) is 2. The molecule has 0 spiro atoms. The Hall–Kier alpha value is -1.78. The van der Waals surface area contributed by atoms with Crippen LogP contribution in [-0.2, 0) is 6.54 Å². The molecule has 0 radical (unpaired) electrons. The molecule has 2 heterocycles. The fraction of sp³-hybridized carbons (Fsp3) is 0.143. The quantitative estimate of drug-likeness (QED) is 0.627. The van der Waals surface area contributed by atoms with Crippen LogP contribution in [0.15, 0.2) is 17.0 Å². The summed E-state index contributed by atoms with van der Waals surface area (Å²) in [5.41, 5.74) is 0.653. The molecule has 0 saturated heterocycles. The van der Waals surface area contributed by atoms with Gasteiger partial charge in [0.15, 0.2) is 12.2 Å². The molecule has 0 bridgehead atoms. The average Bonchev–Trinajstić information content (AvgIpc) is 2.49. The molecule has 12 heavy (non-hydrogen) atoms. The molecule has 2 rings (SSSR count). The molecular weight excluding hydrogens is 160 g/mol. The van der Waals surface area contributed by atoms with Crippen molar-refractivity contribution in [2.75, 3.05) is 0 Å². The average molecular weight is 166 g/mol.